The first-order valence-corrected chi connectivity index (χ1v) is 7.69. The molecule has 0 aromatic carbocycles. The largest absolute Gasteiger partial charge is 0.349 e. The number of amides is 1. The molecule has 114 valence electrons. The first kappa shape index (κ1) is 14.3. The van der Waals surface area contributed by atoms with Crippen LogP contribution in [0.15, 0.2) is 0 Å². The monoisotopic (exact) mass is 282 g/mol. The molecule has 3 rings (SSSR count). The highest BCUT2D eigenvalue weighted by atomic mass is 16.7. The van der Waals surface area contributed by atoms with Crippen LogP contribution in [0, 0.1) is 23.2 Å². The van der Waals surface area contributed by atoms with Crippen molar-refractivity contribution in [2.75, 3.05) is 13.2 Å². The van der Waals surface area contributed by atoms with E-state index in [0.29, 0.717) is 24.2 Å². The van der Waals surface area contributed by atoms with Gasteiger partial charge in [0.05, 0.1) is 13.2 Å². The van der Waals surface area contributed by atoms with Gasteiger partial charge >= 0.3 is 0 Å². The number of hydrazine groups is 1. The van der Waals surface area contributed by atoms with E-state index in [1.165, 1.54) is 0 Å². The van der Waals surface area contributed by atoms with Crippen LogP contribution in [0.5, 0.6) is 0 Å². The Labute approximate surface area is 120 Å². The van der Waals surface area contributed by atoms with Crippen molar-refractivity contribution in [1.82, 2.24) is 5.43 Å². The predicted octanol–water partition coefficient (Wildman–Crippen LogP) is 1.57. The number of carbonyl (C=O) groups excluding carboxylic acids is 1. The molecule has 5 heteroatoms. The van der Waals surface area contributed by atoms with Gasteiger partial charge in [-0.25, -0.2) is 5.84 Å². The van der Waals surface area contributed by atoms with Crippen molar-refractivity contribution < 1.29 is 14.3 Å². The maximum atomic E-state index is 11.4. The lowest BCUT2D eigenvalue weighted by molar-refractivity contribution is -0.297. The molecule has 0 aromatic heterocycles. The van der Waals surface area contributed by atoms with E-state index in [1.54, 1.807) is 0 Å². The second kappa shape index (κ2) is 4.97. The van der Waals surface area contributed by atoms with Crippen LogP contribution in [0.1, 0.15) is 46.0 Å². The van der Waals surface area contributed by atoms with Gasteiger partial charge in [0.25, 0.3) is 0 Å². The standard InChI is InChI=1S/C15H26N2O3/c1-14(2)8-19-15(20-9-14)6-11-3-10(4-12(11)7-15)5-13(18)17-16/h10-12H,3-9,16H2,1-2H3,(H,17,18). The van der Waals surface area contributed by atoms with E-state index >= 15 is 0 Å². The molecule has 0 radical (unpaired) electrons. The molecule has 1 spiro atoms. The molecule has 0 bridgehead atoms. The summed E-state index contributed by atoms with van der Waals surface area (Å²) in [4.78, 5) is 11.4. The summed E-state index contributed by atoms with van der Waals surface area (Å²) in [5, 5.41) is 0. The average Bonchev–Trinajstić information content (AvgIpc) is 2.89. The van der Waals surface area contributed by atoms with E-state index in [2.05, 4.69) is 19.3 Å². The third kappa shape index (κ3) is 2.71. The molecule has 1 aliphatic heterocycles. The first-order valence-electron chi connectivity index (χ1n) is 7.69. The van der Waals surface area contributed by atoms with Gasteiger partial charge in [0.2, 0.25) is 5.91 Å². The first-order chi connectivity index (χ1) is 9.41. The lowest BCUT2D eigenvalue weighted by atomic mass is 9.93. The van der Waals surface area contributed by atoms with Gasteiger partial charge in [-0.3, -0.25) is 10.2 Å². The summed E-state index contributed by atoms with van der Waals surface area (Å²) >= 11 is 0. The Bertz CT molecular complexity index is 371. The van der Waals surface area contributed by atoms with Gasteiger partial charge in [-0.05, 0) is 30.6 Å². The van der Waals surface area contributed by atoms with Crippen LogP contribution < -0.4 is 11.3 Å². The molecule has 1 heterocycles. The lowest BCUT2D eigenvalue weighted by Gasteiger charge is -2.42. The van der Waals surface area contributed by atoms with Crippen LogP contribution in [0.2, 0.25) is 0 Å². The zero-order valence-electron chi connectivity index (χ0n) is 12.5. The Kier molecular flexibility index (Phi) is 3.55. The number of nitrogens with one attached hydrogen (secondary N) is 1. The number of ether oxygens (including phenoxy) is 2. The molecule has 3 fully saturated rings. The molecule has 2 unspecified atom stereocenters. The van der Waals surface area contributed by atoms with E-state index in [0.717, 1.165) is 38.9 Å². The number of hydrogen-bond donors (Lipinski definition) is 2. The summed E-state index contributed by atoms with van der Waals surface area (Å²) < 4.78 is 12.2. The minimum Gasteiger partial charge on any atom is -0.349 e. The van der Waals surface area contributed by atoms with E-state index in [4.69, 9.17) is 15.3 Å². The molecule has 2 atom stereocenters. The highest BCUT2D eigenvalue weighted by Gasteiger charge is 2.53. The zero-order valence-corrected chi connectivity index (χ0v) is 12.5. The van der Waals surface area contributed by atoms with Gasteiger partial charge in [-0.1, -0.05) is 13.8 Å². The molecule has 20 heavy (non-hydrogen) atoms. The van der Waals surface area contributed by atoms with Gasteiger partial charge in [-0.15, -0.1) is 0 Å². The fraction of sp³-hybridized carbons (Fsp3) is 0.933. The molecule has 0 aromatic rings. The quantitative estimate of drug-likeness (QED) is 0.458. The van der Waals surface area contributed by atoms with Crippen molar-refractivity contribution >= 4 is 5.91 Å². The van der Waals surface area contributed by atoms with Gasteiger partial charge in [0.1, 0.15) is 0 Å². The minimum absolute atomic E-state index is 0.0448. The Balaban J connectivity index is 1.55. The summed E-state index contributed by atoms with van der Waals surface area (Å²) in [6.45, 7) is 5.92. The molecule has 3 aliphatic rings. The third-order valence-electron chi connectivity index (χ3n) is 5.17. The van der Waals surface area contributed by atoms with Crippen molar-refractivity contribution in [1.29, 1.82) is 0 Å². The number of rotatable bonds is 2. The molecule has 1 amide bonds. The molecule has 3 N–H and O–H groups in total. The highest BCUT2D eigenvalue weighted by molar-refractivity contribution is 5.75. The van der Waals surface area contributed by atoms with Crippen molar-refractivity contribution in [3.63, 3.8) is 0 Å². The van der Waals surface area contributed by atoms with Crippen molar-refractivity contribution in [2.24, 2.45) is 29.0 Å². The SMILES string of the molecule is CC1(C)COC2(CC3CC(CC(=O)NN)CC3C2)OC1. The van der Waals surface area contributed by atoms with Gasteiger partial charge < -0.3 is 9.47 Å². The number of hydrogen-bond acceptors (Lipinski definition) is 4. The Morgan fingerprint density at radius 3 is 2.25 bits per heavy atom. The molecule has 2 saturated carbocycles. The number of fused-ring (bicyclic) bond motifs is 1. The Hall–Kier alpha value is -0.650. The smallest absolute Gasteiger partial charge is 0.234 e. The zero-order chi connectivity index (χ0) is 14.4. The molecule has 5 nitrogen and oxygen atoms in total. The van der Waals surface area contributed by atoms with Crippen LogP contribution in [0.3, 0.4) is 0 Å². The van der Waals surface area contributed by atoms with Crippen LogP contribution >= 0.6 is 0 Å². The van der Waals surface area contributed by atoms with Gasteiger partial charge in [0, 0.05) is 24.7 Å². The predicted molar refractivity (Wildman–Crippen MR) is 74.3 cm³/mol. The summed E-state index contributed by atoms with van der Waals surface area (Å²) in [5.74, 6) is 6.56. The van der Waals surface area contributed by atoms with Gasteiger partial charge in [0.15, 0.2) is 5.79 Å². The second-order valence-corrected chi connectivity index (χ2v) is 7.69. The fourth-order valence-electron chi connectivity index (χ4n) is 4.18. The summed E-state index contributed by atoms with van der Waals surface area (Å²) in [5.41, 5.74) is 2.36. The lowest BCUT2D eigenvalue weighted by Crippen LogP contribution is -2.46. The van der Waals surface area contributed by atoms with Crippen LogP contribution in [0.4, 0.5) is 0 Å². The average molecular weight is 282 g/mol. The van der Waals surface area contributed by atoms with E-state index in [-0.39, 0.29) is 17.1 Å². The maximum Gasteiger partial charge on any atom is 0.234 e. The number of nitrogens with two attached hydrogens (primary N) is 1. The summed E-state index contributed by atoms with van der Waals surface area (Å²) in [6.07, 6.45) is 4.76. The fourth-order valence-corrected chi connectivity index (χ4v) is 4.18. The highest BCUT2D eigenvalue weighted by Crippen LogP contribution is 2.54. The molecular formula is C15H26N2O3. The summed E-state index contributed by atoms with van der Waals surface area (Å²) in [6, 6.07) is 0. The molecule has 1 saturated heterocycles. The van der Waals surface area contributed by atoms with Crippen molar-refractivity contribution in [3.05, 3.63) is 0 Å². The molecular weight excluding hydrogens is 256 g/mol. The van der Waals surface area contributed by atoms with Crippen molar-refractivity contribution in [2.45, 2.75) is 51.7 Å². The van der Waals surface area contributed by atoms with Crippen LogP contribution in [0.25, 0.3) is 0 Å². The van der Waals surface area contributed by atoms with E-state index in [9.17, 15) is 4.79 Å². The molecule has 2 aliphatic carbocycles. The number of carbonyl (C=O) groups is 1. The van der Waals surface area contributed by atoms with E-state index in [1.807, 2.05) is 0 Å². The Morgan fingerprint density at radius 1 is 1.20 bits per heavy atom. The minimum atomic E-state index is -0.327. The summed E-state index contributed by atoms with van der Waals surface area (Å²) in [7, 11) is 0. The van der Waals surface area contributed by atoms with Gasteiger partial charge in [-0.2, -0.15) is 0 Å². The van der Waals surface area contributed by atoms with Crippen LogP contribution in [-0.4, -0.2) is 24.9 Å². The third-order valence-corrected chi connectivity index (χ3v) is 5.17. The Morgan fingerprint density at radius 2 is 1.75 bits per heavy atom. The van der Waals surface area contributed by atoms with E-state index < -0.39 is 0 Å². The second-order valence-electron chi connectivity index (χ2n) is 7.69. The van der Waals surface area contributed by atoms with Crippen molar-refractivity contribution in [3.8, 4) is 0 Å². The maximum absolute atomic E-state index is 11.4. The van der Waals surface area contributed by atoms with Crippen LogP contribution in [-0.2, 0) is 14.3 Å². The normalized spacial score (nSPS) is 37.9. The topological polar surface area (TPSA) is 73.6 Å².